The minimum atomic E-state index is -4.32. The first kappa shape index (κ1) is 26.8. The third-order valence-corrected chi connectivity index (χ3v) is 5.87. The summed E-state index contributed by atoms with van der Waals surface area (Å²) in [5, 5.41) is 12.3. The molecule has 184 valence electrons. The number of aliphatic hydroxyl groups is 1. The van der Waals surface area contributed by atoms with Crippen LogP contribution in [-0.4, -0.2) is 68.6 Å². The number of carbonyl (C=O) groups excluding carboxylic acids is 3. The molecule has 2 aromatic carbocycles. The van der Waals surface area contributed by atoms with Crippen molar-refractivity contribution in [1.29, 1.82) is 0 Å². The highest BCUT2D eigenvalue weighted by Gasteiger charge is 2.31. The maximum atomic E-state index is 13.0. The lowest BCUT2D eigenvalue weighted by atomic mass is 10.2. The molecule has 0 aliphatic rings. The molecule has 34 heavy (non-hydrogen) atoms. The number of aliphatic hydroxyl groups excluding tert-OH is 1. The van der Waals surface area contributed by atoms with Crippen LogP contribution in [0.5, 0.6) is 0 Å². The van der Waals surface area contributed by atoms with Gasteiger partial charge in [-0.05, 0) is 55.5 Å². The number of nitrogens with one attached hydrogen (secondary N) is 2. The first-order chi connectivity index (χ1) is 15.9. The number of anilines is 1. The Morgan fingerprint density at radius 3 is 2.09 bits per heavy atom. The van der Waals surface area contributed by atoms with Gasteiger partial charge in [0, 0.05) is 12.7 Å². The average molecular weight is 499 g/mol. The monoisotopic (exact) mass is 499 g/mol. The molecule has 0 heterocycles. The fourth-order valence-electron chi connectivity index (χ4n) is 2.56. The quantitative estimate of drug-likeness (QED) is 0.407. The maximum absolute atomic E-state index is 13.0. The molecule has 13 heteroatoms. The molecule has 10 nitrogen and oxygen atoms in total. The Balaban J connectivity index is 1.91. The number of halogens is 2. The number of rotatable bonds is 10. The number of hydrogen-bond donors (Lipinski definition) is 3. The van der Waals surface area contributed by atoms with E-state index in [0.717, 1.165) is 48.2 Å². The molecule has 0 aliphatic carbocycles. The zero-order chi connectivity index (χ0) is 25.5. The molecule has 0 saturated heterocycles. The van der Waals surface area contributed by atoms with Crippen LogP contribution >= 0.6 is 0 Å². The summed E-state index contributed by atoms with van der Waals surface area (Å²) >= 11 is 0. The number of esters is 1. The van der Waals surface area contributed by atoms with E-state index in [4.69, 9.17) is 4.74 Å². The normalized spacial score (nSPS) is 13.0. The molecular weight excluding hydrogens is 476 g/mol. The summed E-state index contributed by atoms with van der Waals surface area (Å²) in [4.78, 5) is 37.1. The van der Waals surface area contributed by atoms with Crippen molar-refractivity contribution in [2.24, 2.45) is 0 Å². The molecule has 2 rings (SSSR count). The molecule has 2 aromatic rings. The molecule has 0 radical (unpaired) electrons. The molecule has 0 unspecified atom stereocenters. The Bertz CT molecular complexity index is 1120. The van der Waals surface area contributed by atoms with Gasteiger partial charge in [0.2, 0.25) is 15.9 Å². The van der Waals surface area contributed by atoms with E-state index in [2.05, 4.69) is 5.32 Å². The number of carbonyl (C=O) groups is 3. The molecule has 3 N–H and O–H groups in total. The number of likely N-dealkylation sites (N-methyl/N-ethyl adjacent to an activating group) is 1. The Hall–Kier alpha value is -3.42. The summed E-state index contributed by atoms with van der Waals surface area (Å²) in [6.45, 7) is -0.113. The summed E-state index contributed by atoms with van der Waals surface area (Å²) in [5.74, 6) is -3.77. The standard InChI is InChI=1S/C21H23F2N3O7S/c1-13(27)20(25-34(31,32)17-9-5-15(23)6-10-17)21(30)33-12-19(29)26(2)11-18(28)24-16-7-3-14(22)4-8-16/h3-10,13,20,25,27H,11-12H2,1-2H3,(H,24,28)/t13-,20+/m1/s1. The fourth-order valence-corrected chi connectivity index (χ4v) is 3.82. The highest BCUT2D eigenvalue weighted by atomic mass is 32.2. The van der Waals surface area contributed by atoms with Crippen LogP contribution in [-0.2, 0) is 29.1 Å². The Kier molecular flexibility index (Phi) is 9.18. The Labute approximate surface area is 194 Å². The lowest BCUT2D eigenvalue weighted by Gasteiger charge is -2.21. The summed E-state index contributed by atoms with van der Waals surface area (Å²) in [5.41, 5.74) is 0.312. The predicted octanol–water partition coefficient (Wildman–Crippen LogP) is 0.633. The van der Waals surface area contributed by atoms with Gasteiger partial charge in [-0.25, -0.2) is 17.2 Å². The van der Waals surface area contributed by atoms with Crippen LogP contribution in [0.3, 0.4) is 0 Å². The molecule has 0 saturated carbocycles. The Morgan fingerprint density at radius 1 is 1.03 bits per heavy atom. The summed E-state index contributed by atoms with van der Waals surface area (Å²) < 4.78 is 57.5. The van der Waals surface area contributed by atoms with Crippen LogP contribution in [0.15, 0.2) is 53.4 Å². The molecule has 0 bridgehead atoms. The van der Waals surface area contributed by atoms with Gasteiger partial charge < -0.3 is 20.1 Å². The van der Waals surface area contributed by atoms with Gasteiger partial charge >= 0.3 is 5.97 Å². The second kappa shape index (κ2) is 11.6. The zero-order valence-corrected chi connectivity index (χ0v) is 19.0. The second-order valence-electron chi connectivity index (χ2n) is 7.21. The minimum absolute atomic E-state index is 0.312. The van der Waals surface area contributed by atoms with Crippen molar-refractivity contribution in [2.75, 3.05) is 25.5 Å². The maximum Gasteiger partial charge on any atom is 0.327 e. The van der Waals surface area contributed by atoms with E-state index in [1.54, 1.807) is 0 Å². The molecule has 0 aromatic heterocycles. The van der Waals surface area contributed by atoms with Crippen LogP contribution < -0.4 is 10.0 Å². The van der Waals surface area contributed by atoms with E-state index in [1.165, 1.54) is 19.2 Å². The number of sulfonamides is 1. The van der Waals surface area contributed by atoms with Crippen LogP contribution in [0.2, 0.25) is 0 Å². The lowest BCUT2D eigenvalue weighted by Crippen LogP contribution is -2.49. The van der Waals surface area contributed by atoms with Gasteiger partial charge in [0.1, 0.15) is 17.7 Å². The SMILES string of the molecule is C[C@@H](O)[C@H](NS(=O)(=O)c1ccc(F)cc1)C(=O)OCC(=O)N(C)CC(=O)Nc1ccc(F)cc1. The van der Waals surface area contributed by atoms with E-state index in [1.807, 2.05) is 4.72 Å². The average Bonchev–Trinajstić information content (AvgIpc) is 2.77. The molecular formula is C21H23F2N3O7S. The highest BCUT2D eigenvalue weighted by molar-refractivity contribution is 7.89. The first-order valence-corrected chi connectivity index (χ1v) is 11.3. The third kappa shape index (κ3) is 7.86. The molecule has 0 aliphatic heterocycles. The van der Waals surface area contributed by atoms with Crippen LogP contribution in [0, 0.1) is 11.6 Å². The largest absolute Gasteiger partial charge is 0.454 e. The van der Waals surface area contributed by atoms with Crippen molar-refractivity contribution < 1.29 is 41.4 Å². The molecule has 0 spiro atoms. The van der Waals surface area contributed by atoms with Crippen molar-refractivity contribution in [3.8, 4) is 0 Å². The number of ether oxygens (including phenoxy) is 1. The van der Waals surface area contributed by atoms with Gasteiger partial charge in [-0.3, -0.25) is 14.4 Å². The second-order valence-corrected chi connectivity index (χ2v) is 8.92. The number of hydrogen-bond acceptors (Lipinski definition) is 7. The van der Waals surface area contributed by atoms with Crippen molar-refractivity contribution in [1.82, 2.24) is 9.62 Å². The van der Waals surface area contributed by atoms with E-state index in [9.17, 15) is 36.7 Å². The van der Waals surface area contributed by atoms with Crippen molar-refractivity contribution in [2.45, 2.75) is 24.0 Å². The van der Waals surface area contributed by atoms with Crippen LogP contribution in [0.25, 0.3) is 0 Å². The van der Waals surface area contributed by atoms with Gasteiger partial charge in [-0.15, -0.1) is 0 Å². The fraction of sp³-hybridized carbons (Fsp3) is 0.286. The van der Waals surface area contributed by atoms with Crippen molar-refractivity contribution >= 4 is 33.5 Å². The van der Waals surface area contributed by atoms with Crippen molar-refractivity contribution in [3.05, 3.63) is 60.2 Å². The van der Waals surface area contributed by atoms with Gasteiger partial charge in [0.15, 0.2) is 6.61 Å². The van der Waals surface area contributed by atoms with Crippen LogP contribution in [0.1, 0.15) is 6.92 Å². The summed E-state index contributed by atoms with van der Waals surface area (Å²) in [6.07, 6.45) is -1.53. The van der Waals surface area contributed by atoms with Gasteiger partial charge in [-0.1, -0.05) is 0 Å². The number of benzene rings is 2. The molecule has 2 amide bonds. The predicted molar refractivity (Wildman–Crippen MR) is 116 cm³/mol. The Morgan fingerprint density at radius 2 is 1.56 bits per heavy atom. The lowest BCUT2D eigenvalue weighted by molar-refractivity contribution is -0.155. The van der Waals surface area contributed by atoms with E-state index in [0.29, 0.717) is 5.69 Å². The van der Waals surface area contributed by atoms with Gasteiger partial charge in [0.05, 0.1) is 17.5 Å². The number of nitrogens with zero attached hydrogens (tertiary/aromatic N) is 1. The third-order valence-electron chi connectivity index (χ3n) is 4.41. The molecule has 0 fully saturated rings. The zero-order valence-electron chi connectivity index (χ0n) is 18.2. The van der Waals surface area contributed by atoms with Gasteiger partial charge in [0.25, 0.3) is 5.91 Å². The summed E-state index contributed by atoms with van der Waals surface area (Å²) in [6, 6.07) is 6.96. The summed E-state index contributed by atoms with van der Waals surface area (Å²) in [7, 11) is -3.05. The van der Waals surface area contributed by atoms with Gasteiger partial charge in [-0.2, -0.15) is 4.72 Å². The van der Waals surface area contributed by atoms with E-state index >= 15 is 0 Å². The van der Waals surface area contributed by atoms with Crippen LogP contribution in [0.4, 0.5) is 14.5 Å². The minimum Gasteiger partial charge on any atom is -0.454 e. The highest BCUT2D eigenvalue weighted by Crippen LogP contribution is 2.12. The topological polar surface area (TPSA) is 142 Å². The van der Waals surface area contributed by atoms with E-state index < -0.39 is 64.7 Å². The first-order valence-electron chi connectivity index (χ1n) is 9.81. The molecule has 2 atom stereocenters. The van der Waals surface area contributed by atoms with Crippen molar-refractivity contribution in [3.63, 3.8) is 0 Å². The smallest absolute Gasteiger partial charge is 0.327 e. The number of amides is 2. The van der Waals surface area contributed by atoms with E-state index in [-0.39, 0.29) is 4.90 Å².